The molecule has 1 N–H and O–H groups in total. The summed E-state index contributed by atoms with van der Waals surface area (Å²) in [5.41, 5.74) is 1.55. The van der Waals surface area contributed by atoms with Gasteiger partial charge in [-0.1, -0.05) is 24.3 Å². The Labute approximate surface area is 125 Å². The van der Waals surface area contributed by atoms with Gasteiger partial charge < -0.3 is 9.72 Å². The first-order chi connectivity index (χ1) is 10.2. The highest BCUT2D eigenvalue weighted by Gasteiger charge is 2.09. The summed E-state index contributed by atoms with van der Waals surface area (Å²) in [6.07, 6.45) is 0.442. The van der Waals surface area contributed by atoms with Crippen LogP contribution in [0.25, 0.3) is 21.8 Å². The maximum absolute atomic E-state index is 12.7. The van der Waals surface area contributed by atoms with Crippen molar-refractivity contribution < 1.29 is 9.53 Å². The summed E-state index contributed by atoms with van der Waals surface area (Å²) in [7, 11) is 0. The fourth-order valence-electron chi connectivity index (χ4n) is 2.49. The number of halogens is 1. The van der Waals surface area contributed by atoms with Gasteiger partial charge in [0.05, 0.1) is 12.1 Å². The number of aromatic amines is 1. The van der Waals surface area contributed by atoms with Crippen LogP contribution >= 0.6 is 11.6 Å². The van der Waals surface area contributed by atoms with Crippen molar-refractivity contribution >= 4 is 38.8 Å². The van der Waals surface area contributed by atoms with Crippen molar-refractivity contribution in [2.45, 2.75) is 6.42 Å². The summed E-state index contributed by atoms with van der Waals surface area (Å²) >= 11 is 5.14. The molecule has 0 aliphatic rings. The predicted octanol–water partition coefficient (Wildman–Crippen LogP) is 3.60. The Balaban J connectivity index is 2.15. The number of benzene rings is 2. The van der Waals surface area contributed by atoms with Gasteiger partial charge in [0.2, 0.25) is 0 Å². The van der Waals surface area contributed by atoms with E-state index in [1.807, 2.05) is 36.4 Å². The summed E-state index contributed by atoms with van der Waals surface area (Å²) < 4.78 is 4.74. The second kappa shape index (κ2) is 5.58. The van der Waals surface area contributed by atoms with Crippen LogP contribution in [0, 0.1) is 0 Å². The first-order valence-corrected chi connectivity index (χ1v) is 6.89. The Morgan fingerprint density at radius 2 is 1.86 bits per heavy atom. The number of ether oxygens (including phenoxy) is 1. The molecule has 0 atom stereocenters. The van der Waals surface area contributed by atoms with Crippen molar-refractivity contribution in [1.29, 1.82) is 0 Å². The predicted molar refractivity (Wildman–Crippen MR) is 83.0 cm³/mol. The molecule has 4 nitrogen and oxygen atoms in total. The van der Waals surface area contributed by atoms with E-state index in [0.717, 1.165) is 16.6 Å². The van der Waals surface area contributed by atoms with E-state index in [4.69, 9.17) is 16.3 Å². The Morgan fingerprint density at radius 1 is 1.10 bits per heavy atom. The number of carbonyl (C=O) groups excluding carboxylic acids is 1. The molecule has 3 rings (SSSR count). The quantitative estimate of drug-likeness (QED) is 0.594. The molecule has 0 aliphatic carbocycles. The molecule has 1 heterocycles. The van der Waals surface area contributed by atoms with E-state index in [2.05, 4.69) is 4.98 Å². The number of fused-ring (bicyclic) bond motifs is 2. The van der Waals surface area contributed by atoms with Gasteiger partial charge in [-0.3, -0.25) is 4.79 Å². The molecule has 0 bridgehead atoms. The van der Waals surface area contributed by atoms with Crippen LogP contribution < -0.4 is 5.43 Å². The van der Waals surface area contributed by atoms with Crippen molar-refractivity contribution in [3.63, 3.8) is 0 Å². The Kier molecular flexibility index (Phi) is 3.62. The third-order valence-corrected chi connectivity index (χ3v) is 3.51. The minimum Gasteiger partial charge on any atom is -0.453 e. The molecule has 0 aliphatic heterocycles. The Morgan fingerprint density at radius 3 is 2.67 bits per heavy atom. The van der Waals surface area contributed by atoms with Crippen LogP contribution in [0.3, 0.4) is 0 Å². The summed E-state index contributed by atoms with van der Waals surface area (Å²) in [5.74, 6) is 0. The molecule has 2 aromatic carbocycles. The fraction of sp³-hybridized carbons (Fsp3) is 0.125. The van der Waals surface area contributed by atoms with Gasteiger partial charge in [-0.05, 0) is 23.8 Å². The van der Waals surface area contributed by atoms with E-state index in [1.54, 1.807) is 6.07 Å². The van der Waals surface area contributed by atoms with Crippen molar-refractivity contribution in [2.75, 3.05) is 6.61 Å². The molecule has 5 heteroatoms. The molecular formula is C16H12ClNO3. The lowest BCUT2D eigenvalue weighted by Gasteiger charge is -2.08. The number of para-hydroxylation sites is 1. The summed E-state index contributed by atoms with van der Waals surface area (Å²) in [6.45, 7) is 0.147. The van der Waals surface area contributed by atoms with Crippen LogP contribution in [0.5, 0.6) is 0 Å². The normalized spacial score (nSPS) is 10.9. The lowest BCUT2D eigenvalue weighted by Crippen LogP contribution is -2.09. The van der Waals surface area contributed by atoms with Crippen LogP contribution in [0.2, 0.25) is 0 Å². The van der Waals surface area contributed by atoms with Gasteiger partial charge in [-0.25, -0.2) is 4.79 Å². The van der Waals surface area contributed by atoms with E-state index in [9.17, 15) is 9.59 Å². The van der Waals surface area contributed by atoms with Crippen LogP contribution in [0.15, 0.2) is 47.3 Å². The maximum atomic E-state index is 12.7. The molecule has 21 heavy (non-hydrogen) atoms. The van der Waals surface area contributed by atoms with Crippen molar-refractivity contribution in [2.24, 2.45) is 0 Å². The number of hydrogen-bond acceptors (Lipinski definition) is 3. The fourth-order valence-corrected chi connectivity index (χ4v) is 2.57. The van der Waals surface area contributed by atoms with Gasteiger partial charge in [0.25, 0.3) is 0 Å². The largest absolute Gasteiger partial charge is 0.453 e. The molecule has 3 aromatic rings. The van der Waals surface area contributed by atoms with Gasteiger partial charge >= 0.3 is 5.43 Å². The highest BCUT2D eigenvalue weighted by Crippen LogP contribution is 2.18. The smallest absolute Gasteiger partial charge is 0.403 e. The van der Waals surface area contributed by atoms with E-state index in [1.165, 1.54) is 0 Å². The summed E-state index contributed by atoms with van der Waals surface area (Å²) in [4.78, 5) is 26.5. The minimum atomic E-state index is -0.838. The zero-order chi connectivity index (χ0) is 14.8. The molecular weight excluding hydrogens is 290 g/mol. The number of aromatic nitrogens is 1. The van der Waals surface area contributed by atoms with E-state index >= 15 is 0 Å². The maximum Gasteiger partial charge on any atom is 0.403 e. The van der Waals surface area contributed by atoms with Crippen LogP contribution in [0.4, 0.5) is 4.79 Å². The van der Waals surface area contributed by atoms with Gasteiger partial charge in [-0.2, -0.15) is 0 Å². The van der Waals surface area contributed by atoms with Crippen LogP contribution in [-0.4, -0.2) is 17.0 Å². The first kappa shape index (κ1) is 13.6. The lowest BCUT2D eigenvalue weighted by molar-refractivity contribution is 0.175. The molecule has 0 unspecified atom stereocenters. The zero-order valence-electron chi connectivity index (χ0n) is 11.1. The third-order valence-electron chi connectivity index (χ3n) is 3.41. The average Bonchev–Trinajstić information content (AvgIpc) is 2.47. The van der Waals surface area contributed by atoms with Gasteiger partial charge in [0.15, 0.2) is 5.43 Å². The topological polar surface area (TPSA) is 59.2 Å². The van der Waals surface area contributed by atoms with Gasteiger partial charge in [-0.15, -0.1) is 0 Å². The SMILES string of the molecule is O=C(Cl)OCCc1cccc2[nH]c3ccccc3c(=O)c12. The molecule has 0 radical (unpaired) electrons. The van der Waals surface area contributed by atoms with Crippen LogP contribution in [-0.2, 0) is 11.2 Å². The Bertz CT molecular complexity index is 885. The number of H-pyrrole nitrogens is 1. The summed E-state index contributed by atoms with van der Waals surface area (Å²) in [5, 5.41) is 1.27. The standard InChI is InChI=1S/C16H12ClNO3/c17-16(20)21-9-8-10-4-3-7-13-14(10)15(19)11-5-1-2-6-12(11)18-13/h1-7H,8-9H2,(H,18,19). The van der Waals surface area contributed by atoms with E-state index in [-0.39, 0.29) is 12.0 Å². The van der Waals surface area contributed by atoms with Crippen molar-refractivity contribution in [3.8, 4) is 0 Å². The highest BCUT2D eigenvalue weighted by atomic mass is 35.5. The van der Waals surface area contributed by atoms with Gasteiger partial charge in [0, 0.05) is 34.3 Å². The molecule has 0 fully saturated rings. The highest BCUT2D eigenvalue weighted by molar-refractivity contribution is 6.61. The average molecular weight is 302 g/mol. The van der Waals surface area contributed by atoms with Crippen molar-refractivity contribution in [1.82, 2.24) is 4.98 Å². The first-order valence-electron chi connectivity index (χ1n) is 6.51. The molecule has 0 saturated carbocycles. The number of rotatable bonds is 3. The third kappa shape index (κ3) is 2.62. The molecule has 1 aromatic heterocycles. The minimum absolute atomic E-state index is 0.0212. The molecule has 0 amide bonds. The molecule has 0 spiro atoms. The van der Waals surface area contributed by atoms with Crippen LogP contribution in [0.1, 0.15) is 5.56 Å². The van der Waals surface area contributed by atoms with Gasteiger partial charge in [0.1, 0.15) is 0 Å². The number of nitrogens with one attached hydrogen (secondary N) is 1. The van der Waals surface area contributed by atoms with E-state index in [0.29, 0.717) is 17.2 Å². The van der Waals surface area contributed by atoms with E-state index < -0.39 is 5.43 Å². The van der Waals surface area contributed by atoms with Crippen molar-refractivity contribution in [3.05, 3.63) is 58.3 Å². The number of pyridine rings is 1. The second-order valence-corrected chi connectivity index (χ2v) is 4.98. The number of carbonyl (C=O) groups is 1. The molecule has 0 saturated heterocycles. The zero-order valence-corrected chi connectivity index (χ0v) is 11.8. The Hall–Kier alpha value is -2.33. The second-order valence-electron chi connectivity index (χ2n) is 4.68. The summed E-state index contributed by atoms with van der Waals surface area (Å²) in [6, 6.07) is 13.0. The monoisotopic (exact) mass is 301 g/mol. The number of hydrogen-bond donors (Lipinski definition) is 1. The lowest BCUT2D eigenvalue weighted by atomic mass is 10.0. The molecule has 106 valence electrons.